The van der Waals surface area contributed by atoms with Crippen LogP contribution in [0.25, 0.3) is 0 Å². The fourth-order valence-corrected chi connectivity index (χ4v) is 4.64. The van der Waals surface area contributed by atoms with Crippen LogP contribution in [-0.4, -0.2) is 73.2 Å². The number of ether oxygens (including phenoxy) is 2. The van der Waals surface area contributed by atoms with Crippen molar-refractivity contribution >= 4 is 15.8 Å². The molecule has 2 saturated heterocycles. The Kier molecular flexibility index (Phi) is 5.19. The zero-order chi connectivity index (χ0) is 18.7. The molecule has 2 aromatic heterocycles. The summed E-state index contributed by atoms with van der Waals surface area (Å²) in [5.41, 5.74) is 0. The van der Waals surface area contributed by atoms with Gasteiger partial charge < -0.3 is 14.4 Å². The summed E-state index contributed by atoms with van der Waals surface area (Å²) in [7, 11) is -3.55. The number of rotatable bonds is 5. The molecule has 0 saturated carbocycles. The van der Waals surface area contributed by atoms with Crippen LogP contribution in [0.2, 0.25) is 0 Å². The fraction of sp³-hybridized carbons (Fsp3) is 0.471. The predicted molar refractivity (Wildman–Crippen MR) is 97.1 cm³/mol. The maximum atomic E-state index is 12.7. The van der Waals surface area contributed by atoms with Crippen molar-refractivity contribution in [1.82, 2.24) is 19.3 Å². The second-order valence-corrected chi connectivity index (χ2v) is 8.33. The number of hydrogen-bond acceptors (Lipinski definition) is 8. The maximum absolute atomic E-state index is 12.7. The molecule has 0 aliphatic carbocycles. The van der Waals surface area contributed by atoms with Crippen molar-refractivity contribution in [3.8, 4) is 5.88 Å². The van der Waals surface area contributed by atoms with Crippen LogP contribution in [-0.2, 0) is 14.8 Å². The third-order valence-corrected chi connectivity index (χ3v) is 6.48. The molecule has 27 heavy (non-hydrogen) atoms. The Morgan fingerprint density at radius 2 is 2.04 bits per heavy atom. The van der Waals surface area contributed by atoms with Gasteiger partial charge in [-0.1, -0.05) is 0 Å². The predicted octanol–water partition coefficient (Wildman–Crippen LogP) is 0.550. The van der Waals surface area contributed by atoms with E-state index in [9.17, 15) is 8.42 Å². The first-order valence-corrected chi connectivity index (χ1v) is 10.3. The molecule has 2 fully saturated rings. The molecule has 0 bridgehead atoms. The topological polar surface area (TPSA) is 97.8 Å². The van der Waals surface area contributed by atoms with Gasteiger partial charge in [-0.2, -0.15) is 4.31 Å². The van der Waals surface area contributed by atoms with E-state index in [1.165, 1.54) is 16.8 Å². The maximum Gasteiger partial charge on any atom is 0.244 e. The summed E-state index contributed by atoms with van der Waals surface area (Å²) < 4.78 is 38.1. The lowest BCUT2D eigenvalue weighted by Gasteiger charge is -2.27. The van der Waals surface area contributed by atoms with E-state index in [1.54, 1.807) is 24.4 Å². The van der Waals surface area contributed by atoms with Crippen molar-refractivity contribution in [3.05, 3.63) is 36.9 Å². The molecule has 0 N–H and O–H groups in total. The van der Waals surface area contributed by atoms with Crippen molar-refractivity contribution in [2.45, 2.75) is 17.4 Å². The van der Waals surface area contributed by atoms with Gasteiger partial charge in [0, 0.05) is 38.1 Å². The summed E-state index contributed by atoms with van der Waals surface area (Å²) in [5, 5.41) is 0. The van der Waals surface area contributed by atoms with Gasteiger partial charge in [0.15, 0.2) is 0 Å². The molecule has 144 valence electrons. The van der Waals surface area contributed by atoms with Gasteiger partial charge in [-0.3, -0.25) is 4.98 Å². The molecule has 4 rings (SSSR count). The van der Waals surface area contributed by atoms with Crippen molar-refractivity contribution in [3.63, 3.8) is 0 Å². The minimum atomic E-state index is -3.55. The van der Waals surface area contributed by atoms with Gasteiger partial charge in [0.05, 0.1) is 19.8 Å². The number of anilines is 1. The zero-order valence-corrected chi connectivity index (χ0v) is 15.6. The number of nitrogens with zero attached hydrogens (tertiary/aromatic N) is 5. The van der Waals surface area contributed by atoms with Crippen LogP contribution in [0.1, 0.15) is 6.42 Å². The smallest absolute Gasteiger partial charge is 0.244 e. The molecule has 0 spiro atoms. The lowest BCUT2D eigenvalue weighted by Crippen LogP contribution is -2.36. The number of pyridine rings is 1. The highest BCUT2D eigenvalue weighted by Crippen LogP contribution is 2.24. The molecule has 2 aromatic rings. The van der Waals surface area contributed by atoms with Crippen LogP contribution in [0.3, 0.4) is 0 Å². The van der Waals surface area contributed by atoms with Crippen LogP contribution in [0.4, 0.5) is 5.82 Å². The standard InChI is InChI=1S/C17H21N5O4S/c23-27(24,15-2-1-4-18-11-15)22-5-3-14(12-22)26-17-10-16(19-13-20-17)21-6-8-25-9-7-21/h1-2,4,10-11,13-14H,3,5-9,12H2. The third kappa shape index (κ3) is 4.02. The van der Waals surface area contributed by atoms with Gasteiger partial charge in [0.25, 0.3) is 0 Å². The van der Waals surface area contributed by atoms with Gasteiger partial charge >= 0.3 is 0 Å². The number of hydrogen-bond donors (Lipinski definition) is 0. The van der Waals surface area contributed by atoms with E-state index >= 15 is 0 Å². The SMILES string of the molecule is O=S(=O)(c1cccnc1)N1CCC(Oc2cc(N3CCOCC3)ncn2)C1. The number of morpholine rings is 1. The molecule has 9 nitrogen and oxygen atoms in total. The Morgan fingerprint density at radius 1 is 1.19 bits per heavy atom. The first-order valence-electron chi connectivity index (χ1n) is 8.84. The van der Waals surface area contributed by atoms with Gasteiger partial charge in [-0.15, -0.1) is 0 Å². The minimum Gasteiger partial charge on any atom is -0.473 e. The lowest BCUT2D eigenvalue weighted by atomic mass is 10.3. The molecule has 4 heterocycles. The molecule has 1 unspecified atom stereocenters. The highest BCUT2D eigenvalue weighted by atomic mass is 32.2. The Hall–Kier alpha value is -2.30. The molecule has 1 atom stereocenters. The largest absolute Gasteiger partial charge is 0.473 e. The molecule has 0 radical (unpaired) electrons. The van der Waals surface area contributed by atoms with Gasteiger partial charge in [0.2, 0.25) is 15.9 Å². The zero-order valence-electron chi connectivity index (χ0n) is 14.8. The monoisotopic (exact) mass is 391 g/mol. The molecule has 0 amide bonds. The van der Waals surface area contributed by atoms with Crippen LogP contribution >= 0.6 is 0 Å². The molecule has 2 aliphatic heterocycles. The van der Waals surface area contributed by atoms with E-state index in [2.05, 4.69) is 19.9 Å². The first kappa shape index (κ1) is 18.1. The van der Waals surface area contributed by atoms with Crippen LogP contribution in [0.15, 0.2) is 41.8 Å². The van der Waals surface area contributed by atoms with E-state index in [4.69, 9.17) is 9.47 Å². The summed E-state index contributed by atoms with van der Waals surface area (Å²) in [6.45, 7) is 3.58. The minimum absolute atomic E-state index is 0.197. The molecular formula is C17H21N5O4S. The lowest BCUT2D eigenvalue weighted by molar-refractivity contribution is 0.122. The van der Waals surface area contributed by atoms with Crippen molar-refractivity contribution in [2.75, 3.05) is 44.3 Å². The Balaban J connectivity index is 1.41. The van der Waals surface area contributed by atoms with Gasteiger partial charge in [-0.25, -0.2) is 18.4 Å². The molecule has 10 heteroatoms. The van der Waals surface area contributed by atoms with Gasteiger partial charge in [0.1, 0.15) is 23.1 Å². The highest BCUT2D eigenvalue weighted by Gasteiger charge is 2.34. The summed E-state index contributed by atoms with van der Waals surface area (Å²) in [5.74, 6) is 1.25. The number of aromatic nitrogens is 3. The Morgan fingerprint density at radius 3 is 2.81 bits per heavy atom. The van der Waals surface area contributed by atoms with Crippen molar-refractivity contribution in [2.24, 2.45) is 0 Å². The summed E-state index contributed by atoms with van der Waals surface area (Å²) >= 11 is 0. The Labute approximate surface area is 158 Å². The highest BCUT2D eigenvalue weighted by molar-refractivity contribution is 7.89. The number of sulfonamides is 1. The van der Waals surface area contributed by atoms with Crippen LogP contribution in [0, 0.1) is 0 Å². The quantitative estimate of drug-likeness (QED) is 0.729. The molecule has 0 aromatic carbocycles. The normalized spacial score (nSPS) is 21.3. The van der Waals surface area contributed by atoms with Crippen molar-refractivity contribution < 1.29 is 17.9 Å². The van der Waals surface area contributed by atoms with E-state index < -0.39 is 10.0 Å². The van der Waals surface area contributed by atoms with Crippen LogP contribution in [0.5, 0.6) is 5.88 Å². The first-order chi connectivity index (χ1) is 13.1. The molecular weight excluding hydrogens is 370 g/mol. The second kappa shape index (κ2) is 7.75. The second-order valence-electron chi connectivity index (χ2n) is 6.39. The van der Waals surface area contributed by atoms with E-state index in [1.807, 2.05) is 0 Å². The average molecular weight is 391 g/mol. The summed E-state index contributed by atoms with van der Waals surface area (Å²) in [6, 6.07) is 4.96. The van der Waals surface area contributed by atoms with Crippen LogP contribution < -0.4 is 9.64 Å². The van der Waals surface area contributed by atoms with Crippen molar-refractivity contribution in [1.29, 1.82) is 0 Å². The summed E-state index contributed by atoms with van der Waals surface area (Å²) in [6.07, 6.45) is 4.75. The van der Waals surface area contributed by atoms with Gasteiger partial charge in [-0.05, 0) is 18.6 Å². The van der Waals surface area contributed by atoms with E-state index in [0.29, 0.717) is 32.1 Å². The summed E-state index contributed by atoms with van der Waals surface area (Å²) in [4.78, 5) is 14.7. The van der Waals surface area contributed by atoms with E-state index in [-0.39, 0.29) is 17.5 Å². The third-order valence-electron chi connectivity index (χ3n) is 4.63. The fourth-order valence-electron chi connectivity index (χ4n) is 3.19. The molecule has 2 aliphatic rings. The van der Waals surface area contributed by atoms with E-state index in [0.717, 1.165) is 18.9 Å². The average Bonchev–Trinajstić information content (AvgIpc) is 3.19. The Bertz CT molecular complexity index is 874.